The number of hydrogen-bond donors (Lipinski definition) is 0. The lowest BCUT2D eigenvalue weighted by Gasteiger charge is -2.08. The molecular weight excluding hydrogens is 204 g/mol. The van der Waals surface area contributed by atoms with Crippen molar-refractivity contribution in [1.29, 1.82) is 0 Å². The van der Waals surface area contributed by atoms with Crippen molar-refractivity contribution in [3.05, 3.63) is 34.4 Å². The number of hydrogen-bond acceptors (Lipinski definition) is 3. The van der Waals surface area contributed by atoms with E-state index in [1.54, 1.807) is 36.9 Å². The van der Waals surface area contributed by atoms with E-state index in [1.807, 2.05) is 6.92 Å². The number of aromatic nitrogens is 2. The Labute approximate surface area is 93.5 Å². The van der Waals surface area contributed by atoms with Gasteiger partial charge in [0.1, 0.15) is 11.6 Å². The van der Waals surface area contributed by atoms with Crippen molar-refractivity contribution in [1.82, 2.24) is 9.55 Å². The van der Waals surface area contributed by atoms with Gasteiger partial charge in [0.25, 0.3) is 5.56 Å². The summed E-state index contributed by atoms with van der Waals surface area (Å²) >= 11 is 0. The summed E-state index contributed by atoms with van der Waals surface area (Å²) in [6, 6.07) is 5.32. The van der Waals surface area contributed by atoms with E-state index in [-0.39, 0.29) is 5.56 Å². The van der Waals surface area contributed by atoms with E-state index in [0.717, 1.165) is 18.0 Å². The normalized spacial score (nSPS) is 10.7. The topological polar surface area (TPSA) is 44.1 Å². The van der Waals surface area contributed by atoms with E-state index in [2.05, 4.69) is 4.98 Å². The predicted molar refractivity (Wildman–Crippen MR) is 62.9 cm³/mol. The Hall–Kier alpha value is -1.84. The van der Waals surface area contributed by atoms with Gasteiger partial charge in [-0.2, -0.15) is 0 Å². The first-order valence-electron chi connectivity index (χ1n) is 5.21. The highest BCUT2D eigenvalue weighted by molar-refractivity contribution is 5.79. The second kappa shape index (κ2) is 3.96. The van der Waals surface area contributed by atoms with Gasteiger partial charge in [-0.1, -0.05) is 6.92 Å². The number of benzene rings is 1. The summed E-state index contributed by atoms with van der Waals surface area (Å²) in [6.07, 6.45) is 0.735. The molecule has 2 aromatic rings. The van der Waals surface area contributed by atoms with Crippen LogP contribution in [0, 0.1) is 0 Å². The van der Waals surface area contributed by atoms with Gasteiger partial charge in [-0.05, 0) is 12.1 Å². The van der Waals surface area contributed by atoms with Crippen LogP contribution in [0.1, 0.15) is 12.7 Å². The molecule has 1 aromatic heterocycles. The van der Waals surface area contributed by atoms with E-state index in [4.69, 9.17) is 4.74 Å². The Balaban J connectivity index is 2.82. The highest BCUT2D eigenvalue weighted by Gasteiger charge is 2.07. The van der Waals surface area contributed by atoms with Crippen LogP contribution in [0.4, 0.5) is 0 Å². The van der Waals surface area contributed by atoms with Crippen LogP contribution in [0.3, 0.4) is 0 Å². The van der Waals surface area contributed by atoms with Gasteiger partial charge in [0.05, 0.1) is 18.0 Å². The van der Waals surface area contributed by atoms with Crippen molar-refractivity contribution in [2.45, 2.75) is 13.3 Å². The van der Waals surface area contributed by atoms with Crippen molar-refractivity contribution in [2.24, 2.45) is 7.05 Å². The van der Waals surface area contributed by atoms with Gasteiger partial charge in [-0.3, -0.25) is 9.36 Å². The van der Waals surface area contributed by atoms with Crippen LogP contribution in [0.25, 0.3) is 10.9 Å². The summed E-state index contributed by atoms with van der Waals surface area (Å²) in [4.78, 5) is 16.4. The molecule has 0 atom stereocenters. The molecule has 0 saturated carbocycles. The van der Waals surface area contributed by atoms with Crippen molar-refractivity contribution in [2.75, 3.05) is 7.11 Å². The molecule has 0 radical (unpaired) electrons. The lowest BCUT2D eigenvalue weighted by atomic mass is 10.2. The Morgan fingerprint density at radius 3 is 2.81 bits per heavy atom. The van der Waals surface area contributed by atoms with E-state index >= 15 is 0 Å². The molecular formula is C12H14N2O2. The summed E-state index contributed by atoms with van der Waals surface area (Å²) < 4.78 is 6.71. The van der Waals surface area contributed by atoms with E-state index in [1.165, 1.54) is 0 Å². The fourth-order valence-electron chi connectivity index (χ4n) is 1.74. The van der Waals surface area contributed by atoms with Gasteiger partial charge < -0.3 is 4.74 Å². The molecule has 0 spiro atoms. The molecule has 0 unspecified atom stereocenters. The van der Waals surface area contributed by atoms with Gasteiger partial charge in [0, 0.05) is 19.5 Å². The number of methoxy groups -OCH3 is 1. The number of rotatable bonds is 2. The number of fused-ring (bicyclic) bond motifs is 1. The SMILES string of the molecule is CCc1nc2cc(OC)ccc2c(=O)n1C. The second-order valence-corrected chi connectivity index (χ2v) is 3.63. The lowest BCUT2D eigenvalue weighted by Crippen LogP contribution is -2.21. The first-order valence-corrected chi connectivity index (χ1v) is 5.21. The Bertz CT molecular complexity index is 587. The van der Waals surface area contributed by atoms with Crippen molar-refractivity contribution >= 4 is 10.9 Å². The van der Waals surface area contributed by atoms with Crippen LogP contribution in [-0.2, 0) is 13.5 Å². The quantitative estimate of drug-likeness (QED) is 0.767. The average Bonchev–Trinajstić information content (AvgIpc) is 2.33. The van der Waals surface area contributed by atoms with Crippen molar-refractivity contribution in [3.8, 4) is 5.75 Å². The zero-order chi connectivity index (χ0) is 11.7. The molecule has 0 fully saturated rings. The van der Waals surface area contributed by atoms with E-state index in [0.29, 0.717) is 10.9 Å². The number of ether oxygens (including phenoxy) is 1. The number of aryl methyl sites for hydroxylation is 1. The molecule has 4 heteroatoms. The van der Waals surface area contributed by atoms with Crippen molar-refractivity contribution in [3.63, 3.8) is 0 Å². The van der Waals surface area contributed by atoms with Gasteiger partial charge in [-0.25, -0.2) is 4.98 Å². The summed E-state index contributed by atoms with van der Waals surface area (Å²) in [6.45, 7) is 1.98. The molecule has 16 heavy (non-hydrogen) atoms. The zero-order valence-electron chi connectivity index (χ0n) is 9.65. The standard InChI is InChI=1S/C12H14N2O2/c1-4-11-13-10-7-8(16-3)5-6-9(10)12(15)14(11)2/h5-7H,4H2,1-3H3. The summed E-state index contributed by atoms with van der Waals surface area (Å²) in [5, 5.41) is 0.625. The predicted octanol–water partition coefficient (Wildman–Crippen LogP) is 1.50. The highest BCUT2D eigenvalue weighted by atomic mass is 16.5. The van der Waals surface area contributed by atoms with E-state index < -0.39 is 0 Å². The lowest BCUT2D eigenvalue weighted by molar-refractivity contribution is 0.415. The molecule has 0 N–H and O–H groups in total. The summed E-state index contributed by atoms with van der Waals surface area (Å²) in [5.74, 6) is 1.50. The molecule has 0 aliphatic rings. The molecule has 2 rings (SSSR count). The molecule has 1 heterocycles. The first-order chi connectivity index (χ1) is 7.67. The van der Waals surface area contributed by atoms with Gasteiger partial charge in [0.2, 0.25) is 0 Å². The van der Waals surface area contributed by atoms with Gasteiger partial charge in [-0.15, -0.1) is 0 Å². The maximum absolute atomic E-state index is 12.0. The first kappa shape index (κ1) is 10.7. The molecule has 0 bridgehead atoms. The maximum atomic E-state index is 12.0. The fraction of sp³-hybridized carbons (Fsp3) is 0.333. The Morgan fingerprint density at radius 1 is 1.44 bits per heavy atom. The summed E-state index contributed by atoms with van der Waals surface area (Å²) in [7, 11) is 3.35. The number of nitrogens with zero attached hydrogens (tertiary/aromatic N) is 2. The van der Waals surface area contributed by atoms with Crippen LogP contribution < -0.4 is 10.3 Å². The minimum atomic E-state index is -0.00972. The Morgan fingerprint density at radius 2 is 2.19 bits per heavy atom. The molecule has 0 amide bonds. The minimum Gasteiger partial charge on any atom is -0.497 e. The maximum Gasteiger partial charge on any atom is 0.261 e. The molecule has 1 aromatic carbocycles. The smallest absolute Gasteiger partial charge is 0.261 e. The van der Waals surface area contributed by atoms with Crippen molar-refractivity contribution < 1.29 is 4.74 Å². The van der Waals surface area contributed by atoms with E-state index in [9.17, 15) is 4.79 Å². The van der Waals surface area contributed by atoms with Gasteiger partial charge >= 0.3 is 0 Å². The third-order valence-corrected chi connectivity index (χ3v) is 2.69. The monoisotopic (exact) mass is 218 g/mol. The average molecular weight is 218 g/mol. The Kier molecular flexibility index (Phi) is 2.64. The molecule has 0 saturated heterocycles. The second-order valence-electron chi connectivity index (χ2n) is 3.63. The van der Waals surface area contributed by atoms with Crippen LogP contribution in [-0.4, -0.2) is 16.7 Å². The van der Waals surface area contributed by atoms with Crippen LogP contribution >= 0.6 is 0 Å². The van der Waals surface area contributed by atoms with Crippen LogP contribution in [0.2, 0.25) is 0 Å². The zero-order valence-corrected chi connectivity index (χ0v) is 9.65. The molecule has 0 aliphatic heterocycles. The van der Waals surface area contributed by atoms with Crippen LogP contribution in [0.5, 0.6) is 5.75 Å². The third kappa shape index (κ3) is 1.56. The fourth-order valence-corrected chi connectivity index (χ4v) is 1.74. The minimum absolute atomic E-state index is 0.00972. The molecule has 4 nitrogen and oxygen atoms in total. The third-order valence-electron chi connectivity index (χ3n) is 2.69. The van der Waals surface area contributed by atoms with Crippen LogP contribution in [0.15, 0.2) is 23.0 Å². The highest BCUT2D eigenvalue weighted by Crippen LogP contribution is 2.16. The molecule has 0 aliphatic carbocycles. The summed E-state index contributed by atoms with van der Waals surface area (Å²) in [5.41, 5.74) is 0.684. The largest absolute Gasteiger partial charge is 0.497 e. The van der Waals surface area contributed by atoms with Gasteiger partial charge in [0.15, 0.2) is 0 Å². The molecule has 84 valence electrons.